The molecule has 0 saturated carbocycles. The van der Waals surface area contributed by atoms with Crippen LogP contribution in [-0.4, -0.2) is 5.97 Å². The van der Waals surface area contributed by atoms with Gasteiger partial charge in [-0.05, 0) is 36.4 Å². The van der Waals surface area contributed by atoms with Gasteiger partial charge in [-0.2, -0.15) is 0 Å². The summed E-state index contributed by atoms with van der Waals surface area (Å²) in [7, 11) is -2.46. The second kappa shape index (κ2) is 8.36. The average Bonchev–Trinajstić information content (AvgIpc) is 2.62. The fourth-order valence-electron chi connectivity index (χ4n) is 2.71. The largest absolute Gasteiger partial charge is 0.348 e. The van der Waals surface area contributed by atoms with Gasteiger partial charge in [0, 0.05) is 27.3 Å². The van der Waals surface area contributed by atoms with Gasteiger partial charge in [0.2, 0.25) is 0 Å². The van der Waals surface area contributed by atoms with E-state index in [1.165, 1.54) is 6.92 Å². The van der Waals surface area contributed by atoms with Gasteiger partial charge in [-0.3, -0.25) is 4.52 Å². The molecule has 0 aromatic heterocycles. The average molecular weight is 428 g/mol. The van der Waals surface area contributed by atoms with E-state index < -0.39 is 7.49 Å². The Hall–Kier alpha value is -1.78. The first-order chi connectivity index (χ1) is 11.2. The number of hydrogen-bond acceptors (Lipinski definition) is 2. The van der Waals surface area contributed by atoms with Crippen LogP contribution in [-0.2, 0) is 29.7 Å². The van der Waals surface area contributed by atoms with Crippen molar-refractivity contribution in [2.45, 2.75) is 6.92 Å². The summed E-state index contributed by atoms with van der Waals surface area (Å²) >= 11 is 0. The number of carbonyl (C=O) groups excluding carboxylic acids is 1. The van der Waals surface area contributed by atoms with Crippen LogP contribution < -0.4 is 15.9 Å². The first-order valence-electron chi connectivity index (χ1n) is 7.49. The number of rotatable bonds is 4. The summed E-state index contributed by atoms with van der Waals surface area (Å²) in [4.78, 5) is 12.0. The first-order valence-corrected chi connectivity index (χ1v) is 9.20. The summed E-state index contributed by atoms with van der Waals surface area (Å²) < 4.78 is 6.07. The monoisotopic (exact) mass is 427 g/mol. The van der Waals surface area contributed by atoms with Gasteiger partial charge >= 0.3 is 5.97 Å². The zero-order chi connectivity index (χ0) is 16.1. The SMILES string of the molecule is CC(=O)O[P+](c1ccccc1)(c1ccccc1)c1ccccc1.[Pd]. The number of hydrogen-bond donors (Lipinski definition) is 0. The Kier molecular flexibility index (Phi) is 6.46. The van der Waals surface area contributed by atoms with Crippen molar-refractivity contribution < 1.29 is 29.7 Å². The third-order valence-electron chi connectivity index (χ3n) is 3.62. The molecule has 3 aromatic rings. The Morgan fingerprint density at radius 3 is 1.21 bits per heavy atom. The van der Waals surface area contributed by atoms with Crippen molar-refractivity contribution in [3.05, 3.63) is 91.0 Å². The van der Waals surface area contributed by atoms with Crippen LogP contribution in [0.2, 0.25) is 0 Å². The van der Waals surface area contributed by atoms with Crippen LogP contribution in [0, 0.1) is 0 Å². The maximum Gasteiger partial charge on any atom is 0.348 e. The van der Waals surface area contributed by atoms with Gasteiger partial charge in [-0.15, -0.1) is 0 Å². The molecule has 0 fully saturated rings. The molecule has 2 nitrogen and oxygen atoms in total. The third kappa shape index (κ3) is 3.65. The Bertz CT molecular complexity index is 680. The Balaban J connectivity index is 0.00000208. The second-order valence-corrected chi connectivity index (χ2v) is 8.15. The van der Waals surface area contributed by atoms with Gasteiger partial charge in [0.15, 0.2) is 0 Å². The molecular weight excluding hydrogens is 410 g/mol. The molecule has 0 heterocycles. The minimum absolute atomic E-state index is 0. The van der Waals surface area contributed by atoms with E-state index in [2.05, 4.69) is 0 Å². The van der Waals surface area contributed by atoms with E-state index in [0.29, 0.717) is 0 Å². The summed E-state index contributed by atoms with van der Waals surface area (Å²) in [6, 6.07) is 30.1. The summed E-state index contributed by atoms with van der Waals surface area (Å²) in [5.74, 6) is -0.269. The van der Waals surface area contributed by atoms with Gasteiger partial charge in [-0.1, -0.05) is 54.6 Å². The quantitative estimate of drug-likeness (QED) is 0.471. The van der Waals surface area contributed by atoms with Gasteiger partial charge in [0.1, 0.15) is 15.9 Å². The number of benzene rings is 3. The van der Waals surface area contributed by atoms with Crippen LogP contribution in [0.3, 0.4) is 0 Å². The molecule has 124 valence electrons. The molecular formula is C20H18O2PPd+. The molecule has 3 rings (SSSR count). The fraction of sp³-hybridized carbons (Fsp3) is 0.0500. The maximum atomic E-state index is 12.0. The van der Waals surface area contributed by atoms with E-state index in [1.807, 2.05) is 91.0 Å². The predicted octanol–water partition coefficient (Wildman–Crippen LogP) is 3.46. The van der Waals surface area contributed by atoms with E-state index in [4.69, 9.17) is 4.52 Å². The van der Waals surface area contributed by atoms with Crippen LogP contribution in [0.15, 0.2) is 91.0 Å². The van der Waals surface area contributed by atoms with Crippen LogP contribution >= 0.6 is 7.49 Å². The van der Waals surface area contributed by atoms with Crippen molar-refractivity contribution >= 4 is 29.4 Å². The molecule has 0 aliphatic rings. The second-order valence-electron chi connectivity index (χ2n) is 5.20. The summed E-state index contributed by atoms with van der Waals surface area (Å²) in [6.45, 7) is 1.48. The molecule has 0 radical (unpaired) electrons. The molecule has 0 aliphatic heterocycles. The molecule has 0 spiro atoms. The molecule has 0 aliphatic carbocycles. The molecule has 3 aromatic carbocycles. The van der Waals surface area contributed by atoms with E-state index in [1.54, 1.807) is 0 Å². The minimum Gasteiger partial charge on any atom is -0.297 e. The van der Waals surface area contributed by atoms with Crippen molar-refractivity contribution in [3.8, 4) is 0 Å². The van der Waals surface area contributed by atoms with Gasteiger partial charge in [0.25, 0.3) is 7.49 Å². The zero-order valence-electron chi connectivity index (χ0n) is 13.2. The molecule has 0 atom stereocenters. The van der Waals surface area contributed by atoms with Crippen LogP contribution in [0.4, 0.5) is 0 Å². The van der Waals surface area contributed by atoms with E-state index >= 15 is 0 Å². The van der Waals surface area contributed by atoms with E-state index in [-0.39, 0.29) is 26.4 Å². The zero-order valence-corrected chi connectivity index (χ0v) is 15.7. The minimum atomic E-state index is -2.46. The van der Waals surface area contributed by atoms with Gasteiger partial charge in [0.05, 0.1) is 0 Å². The Morgan fingerprint density at radius 2 is 0.958 bits per heavy atom. The maximum absolute atomic E-state index is 12.0. The van der Waals surface area contributed by atoms with Gasteiger partial charge in [-0.25, -0.2) is 4.79 Å². The van der Waals surface area contributed by atoms with Crippen LogP contribution in [0.25, 0.3) is 0 Å². The summed E-state index contributed by atoms with van der Waals surface area (Å²) in [5, 5.41) is 3.10. The molecule has 4 heteroatoms. The first kappa shape index (κ1) is 18.6. The number of carbonyl (C=O) groups is 1. The van der Waals surface area contributed by atoms with Crippen molar-refractivity contribution in [2.24, 2.45) is 0 Å². The smallest absolute Gasteiger partial charge is 0.297 e. The van der Waals surface area contributed by atoms with Crippen LogP contribution in [0.5, 0.6) is 0 Å². The molecule has 0 unspecified atom stereocenters. The normalized spacial score (nSPS) is 10.5. The Labute approximate surface area is 157 Å². The topological polar surface area (TPSA) is 26.3 Å². The standard InChI is InChI=1S/C20H18O2P.Pd/c1-17(21)22-23(18-11-5-2-6-12-18,19-13-7-3-8-14-19)20-15-9-4-10-16-20;/h2-16H,1H3;/q+1;. The van der Waals surface area contributed by atoms with Crippen molar-refractivity contribution in [3.63, 3.8) is 0 Å². The van der Waals surface area contributed by atoms with Crippen molar-refractivity contribution in [2.75, 3.05) is 0 Å². The predicted molar refractivity (Wildman–Crippen MR) is 96.9 cm³/mol. The molecule has 0 bridgehead atoms. The van der Waals surface area contributed by atoms with Crippen molar-refractivity contribution in [1.29, 1.82) is 0 Å². The molecule has 0 amide bonds. The summed E-state index contributed by atoms with van der Waals surface area (Å²) in [6.07, 6.45) is 0. The van der Waals surface area contributed by atoms with Gasteiger partial charge < -0.3 is 0 Å². The summed E-state index contributed by atoms with van der Waals surface area (Å²) in [5.41, 5.74) is 0. The van der Waals surface area contributed by atoms with E-state index in [9.17, 15) is 4.79 Å². The molecule has 24 heavy (non-hydrogen) atoms. The molecule has 0 N–H and O–H groups in total. The Morgan fingerprint density at radius 1 is 0.667 bits per heavy atom. The molecule has 0 saturated heterocycles. The van der Waals surface area contributed by atoms with Crippen molar-refractivity contribution in [1.82, 2.24) is 0 Å². The van der Waals surface area contributed by atoms with E-state index in [0.717, 1.165) is 15.9 Å². The van der Waals surface area contributed by atoms with Crippen LogP contribution in [0.1, 0.15) is 6.92 Å². The fourth-order valence-corrected chi connectivity index (χ4v) is 6.08. The third-order valence-corrected chi connectivity index (χ3v) is 7.23.